The van der Waals surface area contributed by atoms with Gasteiger partial charge in [-0.1, -0.05) is 6.92 Å². The van der Waals surface area contributed by atoms with Crippen molar-refractivity contribution in [2.75, 3.05) is 0 Å². The van der Waals surface area contributed by atoms with Gasteiger partial charge in [-0.25, -0.2) is 4.79 Å². The fraction of sp³-hybridized carbons (Fsp3) is 0.400. The van der Waals surface area contributed by atoms with Gasteiger partial charge in [0.2, 0.25) is 0 Å². The second-order valence-electron chi connectivity index (χ2n) is 3.03. The van der Waals surface area contributed by atoms with Crippen LogP contribution in [0.4, 0.5) is 0 Å². The molecule has 0 saturated heterocycles. The first kappa shape index (κ1) is 9.71. The summed E-state index contributed by atoms with van der Waals surface area (Å²) in [6, 6.07) is 0. The SMILES string of the molecule is CCc1cnc(C)c(C(=O)O)c1C. The zero-order valence-corrected chi connectivity index (χ0v) is 8.09. The molecule has 0 fully saturated rings. The van der Waals surface area contributed by atoms with Gasteiger partial charge in [-0.05, 0) is 31.4 Å². The highest BCUT2D eigenvalue weighted by Crippen LogP contribution is 2.16. The van der Waals surface area contributed by atoms with Crippen molar-refractivity contribution in [1.29, 1.82) is 0 Å². The maximum Gasteiger partial charge on any atom is 0.337 e. The van der Waals surface area contributed by atoms with Crippen LogP contribution in [0.3, 0.4) is 0 Å². The van der Waals surface area contributed by atoms with E-state index in [2.05, 4.69) is 4.98 Å². The van der Waals surface area contributed by atoms with Gasteiger partial charge in [-0.3, -0.25) is 4.98 Å². The quantitative estimate of drug-likeness (QED) is 0.755. The van der Waals surface area contributed by atoms with E-state index in [0.29, 0.717) is 11.3 Å². The zero-order chi connectivity index (χ0) is 10.0. The molecule has 0 aliphatic rings. The van der Waals surface area contributed by atoms with E-state index in [1.807, 2.05) is 13.8 Å². The maximum atomic E-state index is 10.9. The van der Waals surface area contributed by atoms with Crippen LogP contribution < -0.4 is 0 Å². The van der Waals surface area contributed by atoms with Crippen LogP contribution >= 0.6 is 0 Å². The minimum Gasteiger partial charge on any atom is -0.478 e. The molecule has 0 bridgehead atoms. The second-order valence-corrected chi connectivity index (χ2v) is 3.03. The highest BCUT2D eigenvalue weighted by atomic mass is 16.4. The van der Waals surface area contributed by atoms with E-state index >= 15 is 0 Å². The number of aromatic carboxylic acids is 1. The summed E-state index contributed by atoms with van der Waals surface area (Å²) < 4.78 is 0. The van der Waals surface area contributed by atoms with Gasteiger partial charge in [0.15, 0.2) is 0 Å². The Morgan fingerprint density at radius 1 is 1.54 bits per heavy atom. The normalized spacial score (nSPS) is 10.1. The molecule has 1 aromatic heterocycles. The number of aryl methyl sites for hydroxylation is 2. The van der Waals surface area contributed by atoms with Crippen LogP contribution in [-0.4, -0.2) is 16.1 Å². The summed E-state index contributed by atoms with van der Waals surface area (Å²) in [4.78, 5) is 14.9. The maximum absolute atomic E-state index is 10.9. The van der Waals surface area contributed by atoms with Gasteiger partial charge in [-0.2, -0.15) is 0 Å². The molecule has 1 heterocycles. The number of carbonyl (C=O) groups is 1. The fourth-order valence-electron chi connectivity index (χ4n) is 1.44. The van der Waals surface area contributed by atoms with Crippen molar-refractivity contribution in [3.8, 4) is 0 Å². The molecule has 0 aromatic carbocycles. The van der Waals surface area contributed by atoms with E-state index in [9.17, 15) is 4.79 Å². The molecule has 0 saturated carbocycles. The van der Waals surface area contributed by atoms with Crippen LogP contribution in [0.5, 0.6) is 0 Å². The van der Waals surface area contributed by atoms with Crippen LogP contribution in [0.1, 0.15) is 34.1 Å². The summed E-state index contributed by atoms with van der Waals surface area (Å²) >= 11 is 0. The highest BCUT2D eigenvalue weighted by molar-refractivity contribution is 5.90. The van der Waals surface area contributed by atoms with E-state index in [-0.39, 0.29) is 0 Å². The summed E-state index contributed by atoms with van der Waals surface area (Å²) in [5.41, 5.74) is 2.77. The molecular weight excluding hydrogens is 166 g/mol. The summed E-state index contributed by atoms with van der Waals surface area (Å²) in [5, 5.41) is 8.93. The summed E-state index contributed by atoms with van der Waals surface area (Å²) in [5.74, 6) is -0.891. The van der Waals surface area contributed by atoms with Gasteiger partial charge in [0.25, 0.3) is 0 Å². The van der Waals surface area contributed by atoms with Crippen LogP contribution in [0.25, 0.3) is 0 Å². The Morgan fingerprint density at radius 3 is 2.62 bits per heavy atom. The van der Waals surface area contributed by atoms with Crippen LogP contribution in [0.15, 0.2) is 6.20 Å². The topological polar surface area (TPSA) is 50.2 Å². The first-order valence-corrected chi connectivity index (χ1v) is 4.26. The van der Waals surface area contributed by atoms with Gasteiger partial charge >= 0.3 is 5.97 Å². The molecule has 3 nitrogen and oxygen atoms in total. The lowest BCUT2D eigenvalue weighted by Gasteiger charge is -2.08. The van der Waals surface area contributed by atoms with Crippen molar-refractivity contribution in [1.82, 2.24) is 4.98 Å². The predicted molar refractivity (Wildman–Crippen MR) is 50.0 cm³/mol. The molecule has 0 amide bonds. The number of carboxylic acids is 1. The highest BCUT2D eigenvalue weighted by Gasteiger charge is 2.13. The molecule has 1 rings (SSSR count). The van der Waals surface area contributed by atoms with Crippen molar-refractivity contribution in [3.63, 3.8) is 0 Å². The molecule has 0 radical (unpaired) electrons. The number of rotatable bonds is 2. The summed E-state index contributed by atoms with van der Waals surface area (Å²) in [6.45, 7) is 5.54. The fourth-order valence-corrected chi connectivity index (χ4v) is 1.44. The largest absolute Gasteiger partial charge is 0.478 e. The standard InChI is InChI=1S/C10H13NO2/c1-4-8-5-11-7(3)9(6(8)2)10(12)13/h5H,4H2,1-3H3,(H,12,13). The minimum atomic E-state index is -0.891. The molecule has 3 heteroatoms. The average molecular weight is 179 g/mol. The van der Waals surface area contributed by atoms with Crippen molar-refractivity contribution >= 4 is 5.97 Å². The third-order valence-corrected chi connectivity index (χ3v) is 2.23. The lowest BCUT2D eigenvalue weighted by molar-refractivity contribution is 0.0694. The summed E-state index contributed by atoms with van der Waals surface area (Å²) in [7, 11) is 0. The molecule has 1 aromatic rings. The summed E-state index contributed by atoms with van der Waals surface area (Å²) in [6.07, 6.45) is 2.57. The molecule has 70 valence electrons. The van der Waals surface area contributed by atoms with Gasteiger partial charge in [0.05, 0.1) is 11.3 Å². The second kappa shape index (κ2) is 3.56. The molecule has 13 heavy (non-hydrogen) atoms. The Hall–Kier alpha value is -1.38. The number of aromatic nitrogens is 1. The van der Waals surface area contributed by atoms with Gasteiger partial charge in [0, 0.05) is 6.20 Å². The molecule has 0 unspecified atom stereocenters. The van der Waals surface area contributed by atoms with Gasteiger partial charge < -0.3 is 5.11 Å². The number of carboxylic acid groups (broad SMARTS) is 1. The van der Waals surface area contributed by atoms with Crippen molar-refractivity contribution < 1.29 is 9.90 Å². The third-order valence-electron chi connectivity index (χ3n) is 2.23. The zero-order valence-electron chi connectivity index (χ0n) is 8.09. The van der Waals surface area contributed by atoms with Crippen molar-refractivity contribution in [2.45, 2.75) is 27.2 Å². The van der Waals surface area contributed by atoms with Crippen molar-refractivity contribution in [2.24, 2.45) is 0 Å². The molecule has 0 aliphatic heterocycles. The molecular formula is C10H13NO2. The van der Waals surface area contributed by atoms with E-state index < -0.39 is 5.97 Å². The van der Waals surface area contributed by atoms with Crippen molar-refractivity contribution in [3.05, 3.63) is 28.6 Å². The Balaban J connectivity index is 3.38. The van der Waals surface area contributed by atoms with E-state index in [1.165, 1.54) is 0 Å². The number of hydrogen-bond donors (Lipinski definition) is 1. The van der Waals surface area contributed by atoms with Gasteiger partial charge in [0.1, 0.15) is 0 Å². The Bertz CT molecular complexity index is 345. The first-order valence-electron chi connectivity index (χ1n) is 4.26. The Morgan fingerprint density at radius 2 is 2.15 bits per heavy atom. The number of pyridine rings is 1. The van der Waals surface area contributed by atoms with Gasteiger partial charge in [-0.15, -0.1) is 0 Å². The lowest BCUT2D eigenvalue weighted by atomic mass is 10.0. The lowest BCUT2D eigenvalue weighted by Crippen LogP contribution is -2.07. The predicted octanol–water partition coefficient (Wildman–Crippen LogP) is 1.96. The van der Waals surface area contributed by atoms with E-state index in [1.54, 1.807) is 13.1 Å². The molecule has 1 N–H and O–H groups in total. The van der Waals surface area contributed by atoms with E-state index in [0.717, 1.165) is 17.5 Å². The average Bonchev–Trinajstić information content (AvgIpc) is 2.04. The smallest absolute Gasteiger partial charge is 0.337 e. The first-order chi connectivity index (χ1) is 6.07. The molecule has 0 spiro atoms. The van der Waals surface area contributed by atoms with Crippen LogP contribution in [0, 0.1) is 13.8 Å². The number of nitrogens with zero attached hydrogens (tertiary/aromatic N) is 1. The Labute approximate surface area is 77.4 Å². The minimum absolute atomic E-state index is 0.347. The van der Waals surface area contributed by atoms with Crippen LogP contribution in [-0.2, 0) is 6.42 Å². The van der Waals surface area contributed by atoms with E-state index in [4.69, 9.17) is 5.11 Å². The monoisotopic (exact) mass is 179 g/mol. The molecule has 0 atom stereocenters. The van der Waals surface area contributed by atoms with Crippen LogP contribution in [0.2, 0.25) is 0 Å². The molecule has 0 aliphatic carbocycles. The number of hydrogen-bond acceptors (Lipinski definition) is 2. The third kappa shape index (κ3) is 1.69. The Kier molecular flexibility index (Phi) is 2.66.